The summed E-state index contributed by atoms with van der Waals surface area (Å²) in [6.07, 6.45) is 4.89. The molecular weight excluding hydrogens is 376 g/mol. The number of aromatic nitrogens is 4. The molecule has 0 unspecified atom stereocenters. The van der Waals surface area contributed by atoms with Crippen molar-refractivity contribution in [1.29, 1.82) is 0 Å². The molecule has 2 aromatic heterocycles. The van der Waals surface area contributed by atoms with Crippen LogP contribution in [-0.2, 0) is 11.3 Å². The third-order valence-corrected chi connectivity index (χ3v) is 4.77. The number of nitrogens with zero attached hydrogens (tertiary/aromatic N) is 5. The van der Waals surface area contributed by atoms with E-state index in [1.807, 2.05) is 41.8 Å². The first-order valence-electron chi connectivity index (χ1n) is 8.63. The van der Waals surface area contributed by atoms with Crippen LogP contribution in [-0.4, -0.2) is 44.7 Å². The number of carbonyl (C=O) groups excluding carboxylic acids is 1. The van der Waals surface area contributed by atoms with Crippen LogP contribution < -0.4 is 10.2 Å². The number of hydrazone groups is 1. The molecular formula is C19H20N6O2S. The minimum atomic E-state index is -0.221. The van der Waals surface area contributed by atoms with E-state index in [1.54, 1.807) is 31.8 Å². The highest BCUT2D eigenvalue weighted by Crippen LogP contribution is 2.25. The zero-order valence-electron chi connectivity index (χ0n) is 15.6. The van der Waals surface area contributed by atoms with Crippen LogP contribution in [0.5, 0.6) is 5.75 Å². The number of hydrogen-bond acceptors (Lipinski definition) is 7. The van der Waals surface area contributed by atoms with Gasteiger partial charge in [-0.05, 0) is 37.3 Å². The third-order valence-electron chi connectivity index (χ3n) is 3.80. The van der Waals surface area contributed by atoms with Crippen molar-refractivity contribution in [2.24, 2.45) is 5.10 Å². The standard InChI is InChI=1S/C19H20N6O2S/c1-3-25-18(15-6-8-16(27-2)9-7-15)23-24-19(25)28-13-17(26)22-21-12-14-5-4-10-20-11-14/h4-12H,3,13H2,1-2H3,(H,22,26)/b21-12+. The average Bonchev–Trinajstić information content (AvgIpc) is 3.16. The average molecular weight is 396 g/mol. The Morgan fingerprint density at radius 1 is 1.29 bits per heavy atom. The summed E-state index contributed by atoms with van der Waals surface area (Å²) in [4.78, 5) is 16.0. The number of ether oxygens (including phenoxy) is 1. The van der Waals surface area contributed by atoms with Gasteiger partial charge in [-0.3, -0.25) is 9.78 Å². The molecule has 8 nitrogen and oxygen atoms in total. The van der Waals surface area contributed by atoms with E-state index in [1.165, 1.54) is 11.8 Å². The molecule has 144 valence electrons. The van der Waals surface area contributed by atoms with Gasteiger partial charge in [0.25, 0.3) is 5.91 Å². The summed E-state index contributed by atoms with van der Waals surface area (Å²) in [5, 5.41) is 13.1. The molecule has 0 aliphatic heterocycles. The first-order valence-corrected chi connectivity index (χ1v) is 9.62. The van der Waals surface area contributed by atoms with Gasteiger partial charge in [0.2, 0.25) is 0 Å². The highest BCUT2D eigenvalue weighted by atomic mass is 32.2. The van der Waals surface area contributed by atoms with Crippen LogP contribution in [0.1, 0.15) is 12.5 Å². The van der Waals surface area contributed by atoms with Crippen molar-refractivity contribution in [3.63, 3.8) is 0 Å². The highest BCUT2D eigenvalue weighted by molar-refractivity contribution is 7.99. The summed E-state index contributed by atoms with van der Waals surface area (Å²) >= 11 is 1.32. The van der Waals surface area contributed by atoms with E-state index in [-0.39, 0.29) is 11.7 Å². The Morgan fingerprint density at radius 2 is 2.11 bits per heavy atom. The third kappa shape index (κ3) is 4.95. The lowest BCUT2D eigenvalue weighted by Crippen LogP contribution is -2.20. The van der Waals surface area contributed by atoms with Gasteiger partial charge in [-0.15, -0.1) is 10.2 Å². The van der Waals surface area contributed by atoms with Gasteiger partial charge in [-0.2, -0.15) is 5.10 Å². The highest BCUT2D eigenvalue weighted by Gasteiger charge is 2.14. The van der Waals surface area contributed by atoms with Crippen molar-refractivity contribution < 1.29 is 9.53 Å². The molecule has 1 amide bonds. The van der Waals surface area contributed by atoms with Crippen molar-refractivity contribution in [1.82, 2.24) is 25.2 Å². The van der Waals surface area contributed by atoms with Gasteiger partial charge in [-0.25, -0.2) is 5.43 Å². The van der Waals surface area contributed by atoms with Gasteiger partial charge >= 0.3 is 0 Å². The van der Waals surface area contributed by atoms with Crippen molar-refractivity contribution in [2.45, 2.75) is 18.6 Å². The lowest BCUT2D eigenvalue weighted by Gasteiger charge is -2.07. The number of benzene rings is 1. The number of amides is 1. The fraction of sp³-hybridized carbons (Fsp3) is 0.211. The molecule has 0 radical (unpaired) electrons. The second kappa shape index (κ2) is 9.65. The first-order chi connectivity index (χ1) is 13.7. The number of methoxy groups -OCH3 is 1. The van der Waals surface area contributed by atoms with Gasteiger partial charge in [0, 0.05) is 30.1 Å². The van der Waals surface area contributed by atoms with Crippen LogP contribution in [0.2, 0.25) is 0 Å². The normalized spacial score (nSPS) is 10.9. The lowest BCUT2D eigenvalue weighted by atomic mass is 10.2. The number of thioether (sulfide) groups is 1. The van der Waals surface area contributed by atoms with Crippen LogP contribution in [0.25, 0.3) is 11.4 Å². The Balaban J connectivity index is 1.60. The summed E-state index contributed by atoms with van der Waals surface area (Å²) in [5.41, 5.74) is 4.25. The number of rotatable bonds is 8. The summed E-state index contributed by atoms with van der Waals surface area (Å²) in [6.45, 7) is 2.70. The van der Waals surface area contributed by atoms with Gasteiger partial charge in [0.05, 0.1) is 19.1 Å². The smallest absolute Gasteiger partial charge is 0.250 e. The molecule has 2 heterocycles. The van der Waals surface area contributed by atoms with E-state index in [0.717, 1.165) is 22.7 Å². The number of nitrogens with one attached hydrogen (secondary N) is 1. The molecule has 3 rings (SSSR count). The zero-order valence-corrected chi connectivity index (χ0v) is 16.4. The fourth-order valence-electron chi connectivity index (χ4n) is 2.43. The number of pyridine rings is 1. The Bertz CT molecular complexity index is 941. The van der Waals surface area contributed by atoms with E-state index in [0.29, 0.717) is 11.7 Å². The molecule has 1 N–H and O–H groups in total. The second-order valence-corrected chi connectivity index (χ2v) is 6.59. The summed E-state index contributed by atoms with van der Waals surface area (Å²) in [6, 6.07) is 11.3. The van der Waals surface area contributed by atoms with Crippen molar-refractivity contribution in [3.05, 3.63) is 54.4 Å². The SMILES string of the molecule is CCn1c(SCC(=O)N/N=C/c2cccnc2)nnc1-c1ccc(OC)cc1. The lowest BCUT2D eigenvalue weighted by molar-refractivity contribution is -0.118. The fourth-order valence-corrected chi connectivity index (χ4v) is 3.22. The van der Waals surface area contributed by atoms with Crippen LogP contribution in [0, 0.1) is 0 Å². The van der Waals surface area contributed by atoms with Crippen LogP contribution in [0.3, 0.4) is 0 Å². The molecule has 28 heavy (non-hydrogen) atoms. The molecule has 0 aliphatic carbocycles. The van der Waals surface area contributed by atoms with Gasteiger partial charge in [-0.1, -0.05) is 17.8 Å². The molecule has 3 aromatic rings. The summed E-state index contributed by atoms with van der Waals surface area (Å²) in [7, 11) is 1.63. The monoisotopic (exact) mass is 396 g/mol. The molecule has 0 bridgehead atoms. The molecule has 9 heteroatoms. The zero-order chi connectivity index (χ0) is 19.8. The summed E-state index contributed by atoms with van der Waals surface area (Å²) < 4.78 is 7.16. The Hall–Kier alpha value is -3.20. The Morgan fingerprint density at radius 3 is 2.79 bits per heavy atom. The number of carbonyl (C=O) groups is 1. The van der Waals surface area contributed by atoms with E-state index in [2.05, 4.69) is 25.7 Å². The molecule has 0 spiro atoms. The van der Waals surface area contributed by atoms with E-state index in [4.69, 9.17) is 4.74 Å². The maximum Gasteiger partial charge on any atom is 0.250 e. The topological polar surface area (TPSA) is 94.3 Å². The minimum absolute atomic E-state index is 0.186. The van der Waals surface area contributed by atoms with Gasteiger partial charge in [0.1, 0.15) is 5.75 Å². The Labute approximate surface area is 167 Å². The summed E-state index contributed by atoms with van der Waals surface area (Å²) in [5.74, 6) is 1.50. The number of hydrogen-bond donors (Lipinski definition) is 1. The molecule has 0 atom stereocenters. The predicted molar refractivity (Wildman–Crippen MR) is 108 cm³/mol. The maximum atomic E-state index is 12.0. The minimum Gasteiger partial charge on any atom is -0.497 e. The molecule has 0 saturated heterocycles. The van der Waals surface area contributed by atoms with Crippen LogP contribution in [0.15, 0.2) is 59.0 Å². The van der Waals surface area contributed by atoms with Crippen molar-refractivity contribution in [2.75, 3.05) is 12.9 Å². The molecule has 1 aromatic carbocycles. The molecule has 0 fully saturated rings. The van der Waals surface area contributed by atoms with Gasteiger partial charge < -0.3 is 9.30 Å². The van der Waals surface area contributed by atoms with Crippen molar-refractivity contribution >= 4 is 23.9 Å². The largest absolute Gasteiger partial charge is 0.497 e. The maximum absolute atomic E-state index is 12.0. The van der Waals surface area contributed by atoms with E-state index in [9.17, 15) is 4.79 Å². The van der Waals surface area contributed by atoms with Crippen molar-refractivity contribution in [3.8, 4) is 17.1 Å². The van der Waals surface area contributed by atoms with E-state index < -0.39 is 0 Å². The molecule has 0 aliphatic rings. The van der Waals surface area contributed by atoms with Crippen LogP contribution >= 0.6 is 11.8 Å². The van der Waals surface area contributed by atoms with Gasteiger partial charge in [0.15, 0.2) is 11.0 Å². The predicted octanol–water partition coefficient (Wildman–Crippen LogP) is 2.61. The van der Waals surface area contributed by atoms with Crippen LogP contribution in [0.4, 0.5) is 0 Å². The molecule has 0 saturated carbocycles. The van der Waals surface area contributed by atoms with E-state index >= 15 is 0 Å². The quantitative estimate of drug-likeness (QED) is 0.357. The second-order valence-electron chi connectivity index (χ2n) is 5.65. The Kier molecular flexibility index (Phi) is 6.74. The first kappa shape index (κ1) is 19.6.